The molecule has 2 heterocycles. The van der Waals surface area contributed by atoms with E-state index in [4.69, 9.17) is 9.47 Å². The second-order valence-corrected chi connectivity index (χ2v) is 6.56. The Bertz CT molecular complexity index is 1130. The van der Waals surface area contributed by atoms with Gasteiger partial charge in [0, 0.05) is 30.1 Å². The van der Waals surface area contributed by atoms with E-state index in [1.165, 1.54) is 0 Å². The Hall–Kier alpha value is -4.13. The molecule has 2 aromatic carbocycles. The molecular weight excluding hydrogens is 382 g/mol. The number of aromatic nitrogens is 1. The topological polar surface area (TPSA) is 89.6 Å². The van der Waals surface area contributed by atoms with E-state index in [2.05, 4.69) is 15.6 Å². The van der Waals surface area contributed by atoms with Crippen molar-refractivity contribution in [3.8, 4) is 11.5 Å². The molecule has 7 nitrogen and oxygen atoms in total. The number of nitrogens with zero attached hydrogens (tertiary/aromatic N) is 1. The summed E-state index contributed by atoms with van der Waals surface area (Å²) in [5.74, 6) is 0.570. The normalized spacial score (nSPS) is 13.8. The van der Waals surface area contributed by atoms with E-state index in [1.54, 1.807) is 49.8 Å². The fraction of sp³-hybridized carbons (Fsp3) is 0.0870. The van der Waals surface area contributed by atoms with Crippen LogP contribution in [0.4, 0.5) is 5.69 Å². The second-order valence-electron chi connectivity index (χ2n) is 6.56. The molecule has 1 aliphatic rings. The maximum atomic E-state index is 12.5. The summed E-state index contributed by atoms with van der Waals surface area (Å²) in [6, 6.07) is 15.9. The number of nitrogens with one attached hydrogen (secondary N) is 2. The van der Waals surface area contributed by atoms with Gasteiger partial charge in [-0.3, -0.25) is 14.6 Å². The zero-order valence-electron chi connectivity index (χ0n) is 16.2. The summed E-state index contributed by atoms with van der Waals surface area (Å²) in [7, 11) is 1.56. The van der Waals surface area contributed by atoms with Crippen LogP contribution in [-0.2, 0) is 11.3 Å². The molecule has 1 aliphatic heterocycles. The second kappa shape index (κ2) is 8.48. The first-order chi connectivity index (χ1) is 14.6. The van der Waals surface area contributed by atoms with Gasteiger partial charge in [0.15, 0.2) is 11.5 Å². The quantitative estimate of drug-likeness (QED) is 0.640. The van der Waals surface area contributed by atoms with Gasteiger partial charge in [0.1, 0.15) is 5.75 Å². The van der Waals surface area contributed by atoms with Crippen LogP contribution < -0.4 is 20.1 Å². The Kier molecular flexibility index (Phi) is 5.43. The molecule has 0 aliphatic carbocycles. The molecule has 1 aromatic heterocycles. The zero-order valence-corrected chi connectivity index (χ0v) is 16.2. The molecule has 0 radical (unpaired) electrons. The van der Waals surface area contributed by atoms with Crippen molar-refractivity contribution in [3.63, 3.8) is 0 Å². The third-order valence-electron chi connectivity index (χ3n) is 4.54. The van der Waals surface area contributed by atoms with Crippen LogP contribution in [0.25, 0.3) is 6.08 Å². The Labute approximate surface area is 173 Å². The van der Waals surface area contributed by atoms with Crippen LogP contribution in [0.5, 0.6) is 11.5 Å². The van der Waals surface area contributed by atoms with Crippen molar-refractivity contribution in [2.75, 3.05) is 12.4 Å². The molecule has 0 unspecified atom stereocenters. The summed E-state index contributed by atoms with van der Waals surface area (Å²) < 4.78 is 11.1. The highest BCUT2D eigenvalue weighted by atomic mass is 16.5. The molecule has 7 heteroatoms. The third-order valence-corrected chi connectivity index (χ3v) is 4.54. The highest BCUT2D eigenvalue weighted by molar-refractivity contribution is 6.09. The van der Waals surface area contributed by atoms with Gasteiger partial charge in [-0.05, 0) is 42.0 Å². The molecule has 0 fully saturated rings. The van der Waals surface area contributed by atoms with Crippen molar-refractivity contribution in [1.82, 2.24) is 10.3 Å². The highest BCUT2D eigenvalue weighted by Crippen LogP contribution is 2.33. The molecule has 2 amide bonds. The smallest absolute Gasteiger partial charge is 0.291 e. The molecule has 4 rings (SSSR count). The van der Waals surface area contributed by atoms with E-state index < -0.39 is 5.91 Å². The first kappa shape index (κ1) is 19.2. The van der Waals surface area contributed by atoms with Gasteiger partial charge in [-0.15, -0.1) is 0 Å². The van der Waals surface area contributed by atoms with E-state index >= 15 is 0 Å². The van der Waals surface area contributed by atoms with Crippen molar-refractivity contribution < 1.29 is 19.1 Å². The maximum absolute atomic E-state index is 12.5. The molecule has 0 saturated carbocycles. The third kappa shape index (κ3) is 4.15. The van der Waals surface area contributed by atoms with Gasteiger partial charge in [0.05, 0.1) is 12.8 Å². The first-order valence-corrected chi connectivity index (χ1v) is 9.29. The van der Waals surface area contributed by atoms with E-state index in [9.17, 15) is 9.59 Å². The first-order valence-electron chi connectivity index (χ1n) is 9.29. The van der Waals surface area contributed by atoms with Crippen LogP contribution in [0.1, 0.15) is 21.5 Å². The predicted molar refractivity (Wildman–Crippen MR) is 112 cm³/mol. The van der Waals surface area contributed by atoms with Gasteiger partial charge in [-0.2, -0.15) is 0 Å². The van der Waals surface area contributed by atoms with Crippen LogP contribution in [0, 0.1) is 0 Å². The number of fused-ring (bicyclic) bond motifs is 1. The van der Waals surface area contributed by atoms with Crippen molar-refractivity contribution in [3.05, 3.63) is 89.4 Å². The maximum Gasteiger partial charge on any atom is 0.291 e. The number of ether oxygens (including phenoxy) is 2. The average molecular weight is 401 g/mol. The number of pyridine rings is 1. The number of para-hydroxylation sites is 1. The zero-order chi connectivity index (χ0) is 20.9. The summed E-state index contributed by atoms with van der Waals surface area (Å²) in [5, 5.41) is 5.60. The lowest BCUT2D eigenvalue weighted by Gasteiger charge is -2.20. The number of carbonyl (C=O) groups is 2. The largest absolute Gasteiger partial charge is 0.496 e. The van der Waals surface area contributed by atoms with Crippen LogP contribution >= 0.6 is 0 Å². The number of hydrogen-bond donors (Lipinski definition) is 2. The molecule has 3 aromatic rings. The van der Waals surface area contributed by atoms with Crippen molar-refractivity contribution in [1.29, 1.82) is 0 Å². The van der Waals surface area contributed by atoms with Crippen molar-refractivity contribution in [2.24, 2.45) is 0 Å². The minimum absolute atomic E-state index is 0.140. The molecule has 0 atom stereocenters. The summed E-state index contributed by atoms with van der Waals surface area (Å²) in [6.45, 7) is 0.360. The highest BCUT2D eigenvalue weighted by Gasteiger charge is 2.23. The van der Waals surface area contributed by atoms with Crippen LogP contribution in [-0.4, -0.2) is 23.9 Å². The summed E-state index contributed by atoms with van der Waals surface area (Å²) in [6.07, 6.45) is 4.98. The molecule has 0 bridgehead atoms. The fourth-order valence-electron chi connectivity index (χ4n) is 3.02. The molecule has 0 saturated heterocycles. The van der Waals surface area contributed by atoms with E-state index in [-0.39, 0.29) is 11.7 Å². The van der Waals surface area contributed by atoms with Gasteiger partial charge in [0.2, 0.25) is 0 Å². The number of hydrogen-bond acceptors (Lipinski definition) is 5. The molecule has 30 heavy (non-hydrogen) atoms. The lowest BCUT2D eigenvalue weighted by Crippen LogP contribution is -2.25. The van der Waals surface area contributed by atoms with Crippen LogP contribution in [0.2, 0.25) is 0 Å². The van der Waals surface area contributed by atoms with Crippen LogP contribution in [0.15, 0.2) is 72.8 Å². The van der Waals surface area contributed by atoms with E-state index in [0.29, 0.717) is 29.3 Å². The van der Waals surface area contributed by atoms with Gasteiger partial charge < -0.3 is 20.1 Å². The van der Waals surface area contributed by atoms with Gasteiger partial charge in [-0.1, -0.05) is 24.3 Å². The fourth-order valence-corrected chi connectivity index (χ4v) is 3.02. The molecular formula is C23H19N3O4. The number of rotatable bonds is 5. The minimum Gasteiger partial charge on any atom is -0.496 e. The monoisotopic (exact) mass is 401 g/mol. The van der Waals surface area contributed by atoms with Crippen molar-refractivity contribution >= 4 is 23.6 Å². The minimum atomic E-state index is -0.402. The number of methoxy groups -OCH3 is 1. The standard InChI is InChI=1S/C23H19N3O4/c1-29-19-7-3-2-6-16(19)12-21-23(28)26-18-11-17(8-9-20(18)30-21)22(27)25-14-15-5-4-10-24-13-15/h2-13H,14H2,1H3,(H,25,27)(H,26,28). The van der Waals surface area contributed by atoms with Gasteiger partial charge >= 0.3 is 0 Å². The summed E-state index contributed by atoms with van der Waals surface area (Å²) >= 11 is 0. The number of carbonyl (C=O) groups excluding carboxylic acids is 2. The average Bonchev–Trinajstić information content (AvgIpc) is 2.78. The van der Waals surface area contributed by atoms with Gasteiger partial charge in [0.25, 0.3) is 11.8 Å². The summed E-state index contributed by atoms with van der Waals surface area (Å²) in [4.78, 5) is 29.0. The lowest BCUT2D eigenvalue weighted by molar-refractivity contribution is -0.115. The number of amides is 2. The van der Waals surface area contributed by atoms with Gasteiger partial charge in [-0.25, -0.2) is 0 Å². The molecule has 0 spiro atoms. The predicted octanol–water partition coefficient (Wildman–Crippen LogP) is 3.39. The van der Waals surface area contributed by atoms with E-state index in [1.807, 2.05) is 30.3 Å². The van der Waals surface area contributed by atoms with Crippen LogP contribution in [0.3, 0.4) is 0 Å². The Morgan fingerprint density at radius 1 is 1.20 bits per heavy atom. The summed E-state index contributed by atoms with van der Waals surface area (Å²) in [5.41, 5.74) is 2.47. The lowest BCUT2D eigenvalue weighted by atomic mass is 10.1. The number of benzene rings is 2. The SMILES string of the molecule is COc1ccccc1C=C1Oc2ccc(C(=O)NCc3cccnc3)cc2NC1=O. The molecule has 150 valence electrons. The number of anilines is 1. The Balaban J connectivity index is 1.51. The molecule has 2 N–H and O–H groups in total. The Morgan fingerprint density at radius 2 is 2.07 bits per heavy atom. The van der Waals surface area contributed by atoms with Crippen molar-refractivity contribution in [2.45, 2.75) is 6.54 Å². The Morgan fingerprint density at radius 3 is 2.87 bits per heavy atom. The van der Waals surface area contributed by atoms with E-state index in [0.717, 1.165) is 11.1 Å².